The number of amides is 2. The van der Waals surface area contributed by atoms with Gasteiger partial charge in [0.15, 0.2) is 9.84 Å². The minimum absolute atomic E-state index is 0.0727. The van der Waals surface area contributed by atoms with Gasteiger partial charge in [-0.2, -0.15) is 0 Å². The fraction of sp³-hybridized carbons (Fsp3) is 0.364. The summed E-state index contributed by atoms with van der Waals surface area (Å²) >= 11 is 7.50. The third kappa shape index (κ3) is 5.05. The molecule has 0 spiro atoms. The van der Waals surface area contributed by atoms with E-state index >= 15 is 0 Å². The average Bonchev–Trinajstić information content (AvgIpc) is 2.78. The first-order valence-corrected chi connectivity index (χ1v) is 13.3. The second-order valence-corrected chi connectivity index (χ2v) is 11.4. The first-order valence-electron chi connectivity index (χ1n) is 10.3. The molecular weight excluding hydrogens is 470 g/mol. The van der Waals surface area contributed by atoms with Crippen LogP contribution in [0, 0.1) is 6.92 Å². The monoisotopic (exact) mass is 493 g/mol. The fourth-order valence-corrected chi connectivity index (χ4v) is 6.08. The Morgan fingerprint density at radius 2 is 1.88 bits per heavy atom. The lowest BCUT2D eigenvalue weighted by Gasteiger charge is -2.37. The average molecular weight is 494 g/mol. The Kier molecular flexibility index (Phi) is 6.69. The zero-order chi connectivity index (χ0) is 22.9. The number of hydrogen-bond acceptors (Lipinski definition) is 6. The van der Waals surface area contributed by atoms with Crippen molar-refractivity contribution in [3.63, 3.8) is 0 Å². The van der Waals surface area contributed by atoms with E-state index in [2.05, 4.69) is 10.2 Å². The van der Waals surface area contributed by atoms with Crippen molar-refractivity contribution in [3.8, 4) is 0 Å². The summed E-state index contributed by atoms with van der Waals surface area (Å²) in [4.78, 5) is 29.1. The van der Waals surface area contributed by atoms with Gasteiger partial charge in [0.25, 0.3) is 0 Å². The lowest BCUT2D eigenvalue weighted by Crippen LogP contribution is -2.49. The van der Waals surface area contributed by atoms with Crippen LogP contribution in [0.2, 0.25) is 5.02 Å². The molecule has 0 saturated carbocycles. The van der Waals surface area contributed by atoms with E-state index < -0.39 is 9.84 Å². The number of hydrogen-bond donors (Lipinski definition) is 1. The molecule has 2 aromatic carbocycles. The van der Waals surface area contributed by atoms with Gasteiger partial charge in [-0.15, -0.1) is 11.8 Å². The molecule has 2 aliphatic rings. The van der Waals surface area contributed by atoms with Crippen LogP contribution in [0.15, 0.2) is 46.2 Å². The fourth-order valence-electron chi connectivity index (χ4n) is 3.87. The number of nitrogens with zero attached hydrogens (tertiary/aromatic N) is 2. The van der Waals surface area contributed by atoms with Crippen LogP contribution in [0.5, 0.6) is 0 Å². The van der Waals surface area contributed by atoms with Crippen molar-refractivity contribution < 1.29 is 18.0 Å². The van der Waals surface area contributed by atoms with E-state index in [0.29, 0.717) is 42.6 Å². The van der Waals surface area contributed by atoms with Crippen LogP contribution in [0.4, 0.5) is 11.4 Å². The molecule has 0 atom stereocenters. The number of benzene rings is 2. The molecule has 2 heterocycles. The Balaban J connectivity index is 1.34. The molecule has 32 heavy (non-hydrogen) atoms. The maximum absolute atomic E-state index is 12.8. The number of sulfone groups is 1. The van der Waals surface area contributed by atoms with Crippen LogP contribution in [0.25, 0.3) is 0 Å². The van der Waals surface area contributed by atoms with Gasteiger partial charge < -0.3 is 15.1 Å². The van der Waals surface area contributed by atoms with Gasteiger partial charge in [0.1, 0.15) is 0 Å². The highest BCUT2D eigenvalue weighted by Crippen LogP contribution is 2.33. The molecule has 4 rings (SSSR count). The summed E-state index contributed by atoms with van der Waals surface area (Å²) in [6, 6.07) is 10.5. The number of rotatable bonds is 5. The van der Waals surface area contributed by atoms with Crippen LogP contribution >= 0.6 is 23.4 Å². The van der Waals surface area contributed by atoms with Crippen molar-refractivity contribution in [3.05, 3.63) is 47.0 Å². The summed E-state index contributed by atoms with van der Waals surface area (Å²) in [5.74, 6) is -0.269. The van der Waals surface area contributed by atoms with Crippen molar-refractivity contribution in [2.75, 3.05) is 47.9 Å². The van der Waals surface area contributed by atoms with Crippen molar-refractivity contribution >= 4 is 56.4 Å². The highest BCUT2D eigenvalue weighted by molar-refractivity contribution is 8.00. The zero-order valence-electron chi connectivity index (χ0n) is 17.6. The first-order chi connectivity index (χ1) is 15.2. The summed E-state index contributed by atoms with van der Waals surface area (Å²) in [5.41, 5.74) is 2.69. The zero-order valence-corrected chi connectivity index (χ0v) is 20.0. The van der Waals surface area contributed by atoms with Gasteiger partial charge in [0.05, 0.1) is 22.1 Å². The van der Waals surface area contributed by atoms with Crippen LogP contribution in [-0.4, -0.2) is 62.8 Å². The Labute approximate surface area is 197 Å². The lowest BCUT2D eigenvalue weighted by molar-refractivity contribution is -0.131. The second-order valence-electron chi connectivity index (χ2n) is 7.86. The largest absolute Gasteiger partial charge is 0.368 e. The van der Waals surface area contributed by atoms with E-state index in [-0.39, 0.29) is 28.9 Å². The quantitative estimate of drug-likeness (QED) is 0.688. The second kappa shape index (κ2) is 9.33. The molecule has 1 saturated heterocycles. The van der Waals surface area contributed by atoms with Gasteiger partial charge in [-0.25, -0.2) is 8.42 Å². The molecular formula is C22H24ClN3O4S2. The topological polar surface area (TPSA) is 86.8 Å². The van der Waals surface area contributed by atoms with Crippen LogP contribution in [-0.2, 0) is 19.4 Å². The van der Waals surface area contributed by atoms with E-state index in [1.165, 1.54) is 23.9 Å². The maximum atomic E-state index is 12.8. The Bertz CT molecular complexity index is 1160. The van der Waals surface area contributed by atoms with E-state index in [1.54, 1.807) is 11.0 Å². The van der Waals surface area contributed by atoms with E-state index in [1.807, 2.05) is 25.1 Å². The van der Waals surface area contributed by atoms with Crippen molar-refractivity contribution in [1.29, 1.82) is 0 Å². The van der Waals surface area contributed by atoms with Crippen LogP contribution in [0.3, 0.4) is 0 Å². The lowest BCUT2D eigenvalue weighted by atomic mass is 10.1. The SMILES string of the molecule is Cc1ccc(Cl)cc1N1CCN(C(=O)CCS(=O)(=O)c2ccc3c(c2)NC(=O)CS3)CC1. The highest BCUT2D eigenvalue weighted by Gasteiger charge is 2.25. The van der Waals surface area contributed by atoms with Gasteiger partial charge in [-0.3, -0.25) is 9.59 Å². The number of anilines is 2. The molecule has 2 aliphatic heterocycles. The van der Waals surface area contributed by atoms with Crippen molar-refractivity contribution in [2.45, 2.75) is 23.1 Å². The summed E-state index contributed by atoms with van der Waals surface area (Å²) in [6.45, 7) is 4.43. The van der Waals surface area contributed by atoms with Crippen LogP contribution in [0.1, 0.15) is 12.0 Å². The Morgan fingerprint density at radius 3 is 2.62 bits per heavy atom. The third-order valence-corrected chi connectivity index (χ3v) is 8.69. The third-order valence-electron chi connectivity index (χ3n) is 5.67. The molecule has 1 N–H and O–H groups in total. The number of carbonyl (C=O) groups excluding carboxylic acids is 2. The summed E-state index contributed by atoms with van der Waals surface area (Å²) in [6.07, 6.45) is -0.0727. The Morgan fingerprint density at radius 1 is 1.12 bits per heavy atom. The number of nitrogens with one attached hydrogen (secondary N) is 1. The van der Waals surface area contributed by atoms with Crippen molar-refractivity contribution in [1.82, 2.24) is 4.90 Å². The molecule has 2 aromatic rings. The van der Waals surface area contributed by atoms with Crippen LogP contribution < -0.4 is 10.2 Å². The molecule has 0 aliphatic carbocycles. The minimum Gasteiger partial charge on any atom is -0.368 e. The van der Waals surface area contributed by atoms with Gasteiger partial charge in [0, 0.05) is 48.2 Å². The summed E-state index contributed by atoms with van der Waals surface area (Å²) in [7, 11) is -3.64. The highest BCUT2D eigenvalue weighted by atomic mass is 35.5. The molecule has 2 amide bonds. The molecule has 0 radical (unpaired) electrons. The number of fused-ring (bicyclic) bond motifs is 1. The van der Waals surface area contributed by atoms with Gasteiger partial charge in [0.2, 0.25) is 11.8 Å². The number of carbonyl (C=O) groups is 2. The predicted molar refractivity (Wildman–Crippen MR) is 127 cm³/mol. The van der Waals surface area contributed by atoms with E-state index in [9.17, 15) is 18.0 Å². The number of piperazine rings is 1. The first kappa shape index (κ1) is 22.9. The smallest absolute Gasteiger partial charge is 0.234 e. The molecule has 7 nitrogen and oxygen atoms in total. The Hall–Kier alpha value is -2.23. The molecule has 0 unspecified atom stereocenters. The number of thioether (sulfide) groups is 1. The van der Waals surface area contributed by atoms with Gasteiger partial charge >= 0.3 is 0 Å². The van der Waals surface area contributed by atoms with E-state index in [0.717, 1.165) is 16.1 Å². The van der Waals surface area contributed by atoms with Crippen molar-refractivity contribution in [2.24, 2.45) is 0 Å². The molecule has 0 bridgehead atoms. The number of halogens is 1. The minimum atomic E-state index is -3.64. The standard InChI is InChI=1S/C22H24ClN3O4S2/c1-15-2-3-16(23)12-19(15)25-7-9-26(10-8-25)22(28)6-11-32(29,30)17-4-5-20-18(13-17)24-21(27)14-31-20/h2-5,12-13H,6-11,14H2,1H3,(H,24,27). The van der Waals surface area contributed by atoms with E-state index in [4.69, 9.17) is 11.6 Å². The predicted octanol–water partition coefficient (Wildman–Crippen LogP) is 3.21. The maximum Gasteiger partial charge on any atom is 0.234 e. The normalized spacial score (nSPS) is 16.5. The molecule has 1 fully saturated rings. The molecule has 0 aromatic heterocycles. The number of aryl methyl sites for hydroxylation is 1. The molecule has 170 valence electrons. The molecule has 10 heteroatoms. The van der Waals surface area contributed by atoms with Gasteiger partial charge in [-0.05, 0) is 42.8 Å². The van der Waals surface area contributed by atoms with Gasteiger partial charge in [-0.1, -0.05) is 17.7 Å². The summed E-state index contributed by atoms with van der Waals surface area (Å²) < 4.78 is 25.6. The summed E-state index contributed by atoms with van der Waals surface area (Å²) in [5, 5.41) is 3.38.